The lowest BCUT2D eigenvalue weighted by atomic mass is 9.92. The molecular formula is C19H26N2O3. The van der Waals surface area contributed by atoms with Crippen molar-refractivity contribution < 1.29 is 14.3 Å². The average molecular weight is 330 g/mol. The number of carbonyl (C=O) groups excluding carboxylic acids is 2. The van der Waals surface area contributed by atoms with Crippen LogP contribution in [-0.2, 0) is 4.74 Å². The fourth-order valence-corrected chi connectivity index (χ4v) is 3.28. The number of amides is 1. The maximum Gasteiger partial charge on any atom is 0.410 e. The summed E-state index contributed by atoms with van der Waals surface area (Å²) in [4.78, 5) is 31.4. The van der Waals surface area contributed by atoms with Crippen LogP contribution in [0.5, 0.6) is 0 Å². The summed E-state index contributed by atoms with van der Waals surface area (Å²) in [5.41, 5.74) is 1.21. The molecule has 1 saturated heterocycles. The average Bonchev–Trinajstić information content (AvgIpc) is 3.37. The van der Waals surface area contributed by atoms with Gasteiger partial charge >= 0.3 is 6.09 Å². The van der Waals surface area contributed by atoms with Crippen LogP contribution in [0, 0.1) is 0 Å². The van der Waals surface area contributed by atoms with E-state index >= 15 is 0 Å². The van der Waals surface area contributed by atoms with E-state index in [9.17, 15) is 9.59 Å². The molecule has 0 bridgehead atoms. The second-order valence-electron chi connectivity index (χ2n) is 7.79. The lowest BCUT2D eigenvalue weighted by Crippen LogP contribution is -2.49. The fourth-order valence-electron chi connectivity index (χ4n) is 3.28. The second-order valence-corrected chi connectivity index (χ2v) is 7.79. The summed E-state index contributed by atoms with van der Waals surface area (Å²) in [6.45, 7) is 6.11. The minimum Gasteiger partial charge on any atom is -0.444 e. The van der Waals surface area contributed by atoms with E-state index in [0.717, 1.165) is 31.2 Å². The predicted molar refractivity (Wildman–Crippen MR) is 91.1 cm³/mol. The third kappa shape index (κ3) is 3.77. The molecule has 3 rings (SSSR count). The van der Waals surface area contributed by atoms with Crippen LogP contribution in [0.2, 0.25) is 0 Å². The normalized spacial score (nSPS) is 21.5. The van der Waals surface area contributed by atoms with Gasteiger partial charge in [0.25, 0.3) is 0 Å². The van der Waals surface area contributed by atoms with Crippen molar-refractivity contribution in [3.05, 3.63) is 29.6 Å². The molecule has 2 fully saturated rings. The number of hydrogen-bond donors (Lipinski definition) is 0. The van der Waals surface area contributed by atoms with Crippen molar-refractivity contribution in [2.24, 2.45) is 0 Å². The van der Waals surface area contributed by atoms with Gasteiger partial charge in [0.2, 0.25) is 0 Å². The van der Waals surface area contributed by atoms with Gasteiger partial charge in [-0.15, -0.1) is 0 Å². The third-order valence-electron chi connectivity index (χ3n) is 4.57. The zero-order chi connectivity index (χ0) is 17.3. The van der Waals surface area contributed by atoms with Crippen molar-refractivity contribution in [2.45, 2.75) is 70.4 Å². The van der Waals surface area contributed by atoms with Crippen LogP contribution in [0.15, 0.2) is 18.5 Å². The number of ketones is 1. The van der Waals surface area contributed by atoms with E-state index in [1.54, 1.807) is 17.3 Å². The molecule has 1 aromatic rings. The number of Topliss-reactive ketones (excluding diaryl/α,β-unsaturated/α-hetero) is 1. The van der Waals surface area contributed by atoms with Crippen molar-refractivity contribution in [1.82, 2.24) is 9.88 Å². The van der Waals surface area contributed by atoms with Gasteiger partial charge in [0.1, 0.15) is 5.60 Å². The number of ether oxygens (including phenoxy) is 1. The van der Waals surface area contributed by atoms with Gasteiger partial charge in [-0.2, -0.15) is 0 Å². The Bertz CT molecular complexity index is 632. The minimum atomic E-state index is -0.560. The number of likely N-dealkylation sites (tertiary alicyclic amines) is 1. The van der Waals surface area contributed by atoms with Gasteiger partial charge in [0, 0.05) is 24.5 Å². The van der Waals surface area contributed by atoms with Crippen LogP contribution >= 0.6 is 0 Å². The van der Waals surface area contributed by atoms with Crippen LogP contribution in [-0.4, -0.2) is 39.9 Å². The molecule has 1 aliphatic heterocycles. The van der Waals surface area contributed by atoms with E-state index in [1.807, 2.05) is 26.8 Å². The first-order valence-corrected chi connectivity index (χ1v) is 8.84. The Balaban J connectivity index is 1.83. The molecular weight excluding hydrogens is 304 g/mol. The van der Waals surface area contributed by atoms with Gasteiger partial charge in [-0.1, -0.05) is 0 Å². The Morgan fingerprint density at radius 2 is 1.96 bits per heavy atom. The standard InChI is InChI=1S/C19H26N2O3/c1-19(2,3)24-18(23)21-11-5-4-6-16(21)17(22)15-12-20-10-9-14(15)13-7-8-13/h9-10,12-13,16H,4-8,11H2,1-3H3/t16-/m1/s1. The molecule has 0 aromatic carbocycles. The van der Waals surface area contributed by atoms with Crippen LogP contribution in [0.25, 0.3) is 0 Å². The highest BCUT2D eigenvalue weighted by atomic mass is 16.6. The number of carbonyl (C=O) groups is 2. The third-order valence-corrected chi connectivity index (χ3v) is 4.57. The monoisotopic (exact) mass is 330 g/mol. The highest BCUT2D eigenvalue weighted by Crippen LogP contribution is 2.42. The molecule has 0 spiro atoms. The van der Waals surface area contributed by atoms with E-state index in [4.69, 9.17) is 4.74 Å². The van der Waals surface area contributed by atoms with E-state index in [0.29, 0.717) is 24.4 Å². The van der Waals surface area contributed by atoms with E-state index in [-0.39, 0.29) is 5.78 Å². The summed E-state index contributed by atoms with van der Waals surface area (Å²) in [5, 5.41) is 0. The molecule has 0 N–H and O–H groups in total. The van der Waals surface area contributed by atoms with E-state index in [1.165, 1.54) is 0 Å². The summed E-state index contributed by atoms with van der Waals surface area (Å²) < 4.78 is 5.50. The summed E-state index contributed by atoms with van der Waals surface area (Å²) >= 11 is 0. The molecule has 1 aromatic heterocycles. The summed E-state index contributed by atoms with van der Waals surface area (Å²) in [7, 11) is 0. The van der Waals surface area contributed by atoms with Crippen molar-refractivity contribution >= 4 is 11.9 Å². The molecule has 1 saturated carbocycles. The molecule has 130 valence electrons. The first-order valence-electron chi connectivity index (χ1n) is 8.84. The Morgan fingerprint density at radius 3 is 2.62 bits per heavy atom. The van der Waals surface area contributed by atoms with Crippen LogP contribution < -0.4 is 0 Å². The maximum absolute atomic E-state index is 13.1. The van der Waals surface area contributed by atoms with Gasteiger partial charge < -0.3 is 4.74 Å². The van der Waals surface area contributed by atoms with Gasteiger partial charge in [-0.05, 0) is 70.4 Å². The lowest BCUT2D eigenvalue weighted by Gasteiger charge is -2.36. The van der Waals surface area contributed by atoms with Gasteiger partial charge in [-0.25, -0.2) is 4.79 Å². The van der Waals surface area contributed by atoms with Crippen LogP contribution in [0.4, 0.5) is 4.79 Å². The van der Waals surface area contributed by atoms with Crippen molar-refractivity contribution in [3.8, 4) is 0 Å². The zero-order valence-corrected chi connectivity index (χ0v) is 14.7. The number of piperidine rings is 1. The summed E-state index contributed by atoms with van der Waals surface area (Å²) in [5.74, 6) is 0.487. The molecule has 1 amide bonds. The Morgan fingerprint density at radius 1 is 1.21 bits per heavy atom. The molecule has 0 unspecified atom stereocenters. The smallest absolute Gasteiger partial charge is 0.410 e. The van der Waals surface area contributed by atoms with Crippen LogP contribution in [0.3, 0.4) is 0 Å². The van der Waals surface area contributed by atoms with Gasteiger partial charge in [0.15, 0.2) is 5.78 Å². The molecule has 24 heavy (non-hydrogen) atoms. The molecule has 5 nitrogen and oxygen atoms in total. The Kier molecular flexibility index (Phi) is 4.61. The second kappa shape index (κ2) is 6.54. The van der Waals surface area contributed by atoms with Crippen molar-refractivity contribution in [1.29, 1.82) is 0 Å². The SMILES string of the molecule is CC(C)(C)OC(=O)N1CCCC[C@@H]1C(=O)c1cnccc1C1CC1. The molecule has 1 aliphatic carbocycles. The fraction of sp³-hybridized carbons (Fsp3) is 0.632. The van der Waals surface area contributed by atoms with Gasteiger partial charge in [0.05, 0.1) is 6.04 Å². The predicted octanol–water partition coefficient (Wildman–Crippen LogP) is 3.93. The number of rotatable bonds is 3. The lowest BCUT2D eigenvalue weighted by molar-refractivity contribution is 0.0104. The van der Waals surface area contributed by atoms with Crippen molar-refractivity contribution in [2.75, 3.05) is 6.54 Å². The van der Waals surface area contributed by atoms with E-state index < -0.39 is 17.7 Å². The quantitative estimate of drug-likeness (QED) is 0.788. The highest BCUT2D eigenvalue weighted by molar-refractivity contribution is 6.02. The number of pyridine rings is 1. The summed E-state index contributed by atoms with van der Waals surface area (Å²) in [6, 6.07) is 1.52. The first-order chi connectivity index (χ1) is 11.4. The van der Waals surface area contributed by atoms with Crippen molar-refractivity contribution in [3.63, 3.8) is 0 Å². The molecule has 0 radical (unpaired) electrons. The first kappa shape index (κ1) is 16.9. The molecule has 2 heterocycles. The maximum atomic E-state index is 13.1. The number of aromatic nitrogens is 1. The highest BCUT2D eigenvalue weighted by Gasteiger charge is 2.37. The number of nitrogens with zero attached hydrogens (tertiary/aromatic N) is 2. The summed E-state index contributed by atoms with van der Waals surface area (Å²) in [6.07, 6.45) is 7.83. The largest absolute Gasteiger partial charge is 0.444 e. The topological polar surface area (TPSA) is 59.5 Å². The molecule has 2 aliphatic rings. The van der Waals surface area contributed by atoms with E-state index in [2.05, 4.69) is 4.98 Å². The zero-order valence-electron chi connectivity index (χ0n) is 14.7. The molecule has 1 atom stereocenters. The number of hydrogen-bond acceptors (Lipinski definition) is 4. The van der Waals surface area contributed by atoms with Crippen LogP contribution in [0.1, 0.15) is 74.7 Å². The molecule has 5 heteroatoms. The Labute approximate surface area is 143 Å². The minimum absolute atomic E-state index is 0.00978. The van der Waals surface area contributed by atoms with Gasteiger partial charge in [-0.3, -0.25) is 14.7 Å². The Hall–Kier alpha value is -1.91.